The molecule has 0 saturated carbocycles. The maximum atomic E-state index is 13.3. The number of aromatic nitrogens is 1. The van der Waals surface area contributed by atoms with E-state index in [2.05, 4.69) is 17.0 Å². The molecule has 0 aliphatic carbocycles. The number of thiazole rings is 1. The fourth-order valence-corrected chi connectivity index (χ4v) is 5.72. The van der Waals surface area contributed by atoms with Gasteiger partial charge in [0.15, 0.2) is 5.13 Å². The molecule has 1 amide bonds. The zero-order valence-electron chi connectivity index (χ0n) is 19.5. The molecule has 184 valence electrons. The lowest BCUT2D eigenvalue weighted by atomic mass is 10.2. The van der Waals surface area contributed by atoms with E-state index in [9.17, 15) is 4.79 Å². The van der Waals surface area contributed by atoms with Crippen LogP contribution >= 0.6 is 35.5 Å². The number of nitrogens with zero attached hydrogens (tertiary/aromatic N) is 3. The summed E-state index contributed by atoms with van der Waals surface area (Å²) in [7, 11) is 1.66. The Morgan fingerprint density at radius 2 is 1.97 bits per heavy atom. The van der Waals surface area contributed by atoms with Crippen molar-refractivity contribution in [2.45, 2.75) is 24.2 Å². The van der Waals surface area contributed by atoms with E-state index in [1.54, 1.807) is 30.2 Å². The van der Waals surface area contributed by atoms with Crippen LogP contribution in [0.2, 0.25) is 0 Å². The molecule has 0 bridgehead atoms. The highest BCUT2D eigenvalue weighted by molar-refractivity contribution is 7.99. The second-order valence-electron chi connectivity index (χ2n) is 7.95. The molecular formula is C25H32ClN3O3S2. The number of rotatable bonds is 11. The zero-order chi connectivity index (χ0) is 22.9. The van der Waals surface area contributed by atoms with Gasteiger partial charge in [-0.2, -0.15) is 0 Å². The van der Waals surface area contributed by atoms with Crippen LogP contribution in [0.3, 0.4) is 0 Å². The van der Waals surface area contributed by atoms with Crippen molar-refractivity contribution in [3.63, 3.8) is 0 Å². The van der Waals surface area contributed by atoms with E-state index in [-0.39, 0.29) is 18.3 Å². The van der Waals surface area contributed by atoms with Crippen LogP contribution in [0.25, 0.3) is 10.2 Å². The van der Waals surface area contributed by atoms with Gasteiger partial charge in [0.25, 0.3) is 0 Å². The van der Waals surface area contributed by atoms with Gasteiger partial charge in [-0.05, 0) is 48.9 Å². The van der Waals surface area contributed by atoms with Crippen LogP contribution < -0.4 is 9.64 Å². The average molecular weight is 522 g/mol. The van der Waals surface area contributed by atoms with Crippen LogP contribution in [-0.2, 0) is 9.53 Å². The minimum absolute atomic E-state index is 0. The van der Waals surface area contributed by atoms with Gasteiger partial charge < -0.3 is 9.47 Å². The number of amides is 1. The summed E-state index contributed by atoms with van der Waals surface area (Å²) in [6.45, 7) is 5.16. The van der Waals surface area contributed by atoms with Crippen molar-refractivity contribution in [1.82, 2.24) is 9.88 Å². The number of halogens is 1. The summed E-state index contributed by atoms with van der Waals surface area (Å²) in [6, 6.07) is 16.2. The number of anilines is 1. The normalized spacial score (nSPS) is 14.0. The Morgan fingerprint density at radius 1 is 1.18 bits per heavy atom. The fraction of sp³-hybridized carbons (Fsp3) is 0.440. The SMILES string of the molecule is COc1ccc2nc(N(CCCN3CCOCC3)C(=O)CCCSc3ccccc3)sc2c1.Cl. The summed E-state index contributed by atoms with van der Waals surface area (Å²) in [5.41, 5.74) is 0.904. The maximum Gasteiger partial charge on any atom is 0.228 e. The first-order valence-electron chi connectivity index (χ1n) is 11.5. The van der Waals surface area contributed by atoms with Crippen LogP contribution in [0.4, 0.5) is 5.13 Å². The van der Waals surface area contributed by atoms with Gasteiger partial charge in [0.1, 0.15) is 5.75 Å². The average Bonchev–Trinajstić information content (AvgIpc) is 3.28. The number of morpholine rings is 1. The minimum atomic E-state index is 0. The number of carbonyl (C=O) groups is 1. The third-order valence-corrected chi connectivity index (χ3v) is 7.76. The first kappa shape index (κ1) is 26.8. The lowest BCUT2D eigenvalue weighted by Gasteiger charge is -2.27. The highest BCUT2D eigenvalue weighted by atomic mass is 35.5. The van der Waals surface area contributed by atoms with Crippen LogP contribution in [0, 0.1) is 0 Å². The van der Waals surface area contributed by atoms with Crippen molar-refractivity contribution in [2.75, 3.05) is 57.2 Å². The Balaban J connectivity index is 0.00000324. The maximum absolute atomic E-state index is 13.3. The molecule has 3 aromatic rings. The topological polar surface area (TPSA) is 54.9 Å². The lowest BCUT2D eigenvalue weighted by molar-refractivity contribution is -0.118. The van der Waals surface area contributed by atoms with E-state index in [1.807, 2.05) is 41.3 Å². The molecule has 1 aromatic heterocycles. The van der Waals surface area contributed by atoms with Crippen molar-refractivity contribution in [1.29, 1.82) is 0 Å². The molecular weight excluding hydrogens is 490 g/mol. The molecule has 34 heavy (non-hydrogen) atoms. The smallest absolute Gasteiger partial charge is 0.228 e. The monoisotopic (exact) mass is 521 g/mol. The number of thioether (sulfide) groups is 1. The van der Waals surface area contributed by atoms with Crippen LogP contribution in [-0.4, -0.2) is 68.0 Å². The lowest BCUT2D eigenvalue weighted by Crippen LogP contribution is -2.39. The molecule has 1 aliphatic heterocycles. The molecule has 9 heteroatoms. The quantitative estimate of drug-likeness (QED) is 0.250. The minimum Gasteiger partial charge on any atom is -0.497 e. The van der Waals surface area contributed by atoms with Crippen molar-refractivity contribution in [2.24, 2.45) is 0 Å². The predicted octanol–water partition coefficient (Wildman–Crippen LogP) is 5.35. The van der Waals surface area contributed by atoms with Crippen molar-refractivity contribution < 1.29 is 14.3 Å². The standard InChI is InChI=1S/C25H31N3O3S2.ClH/c1-30-20-10-11-22-23(19-20)33-25(26-22)28(13-6-12-27-14-16-31-17-15-27)24(29)9-5-18-32-21-7-3-2-4-8-21;/h2-4,7-8,10-11,19H,5-6,9,12-18H2,1H3;1H. The number of ether oxygens (including phenoxy) is 2. The number of hydrogen-bond donors (Lipinski definition) is 0. The van der Waals surface area contributed by atoms with Crippen molar-refractivity contribution in [3.05, 3.63) is 48.5 Å². The number of hydrogen-bond acceptors (Lipinski definition) is 7. The van der Waals surface area contributed by atoms with E-state index < -0.39 is 0 Å². The van der Waals surface area contributed by atoms with E-state index in [4.69, 9.17) is 14.5 Å². The Bertz CT molecular complexity index is 1030. The Morgan fingerprint density at radius 3 is 2.74 bits per heavy atom. The molecule has 2 aromatic carbocycles. The molecule has 0 N–H and O–H groups in total. The molecule has 1 fully saturated rings. The van der Waals surface area contributed by atoms with Crippen LogP contribution in [0.1, 0.15) is 19.3 Å². The van der Waals surface area contributed by atoms with Crippen molar-refractivity contribution >= 4 is 56.8 Å². The van der Waals surface area contributed by atoms with Gasteiger partial charge in [-0.3, -0.25) is 14.6 Å². The summed E-state index contributed by atoms with van der Waals surface area (Å²) in [5, 5.41) is 0.779. The molecule has 2 heterocycles. The highest BCUT2D eigenvalue weighted by Crippen LogP contribution is 2.32. The summed E-state index contributed by atoms with van der Waals surface area (Å²) >= 11 is 3.36. The summed E-state index contributed by atoms with van der Waals surface area (Å²) in [4.78, 5) is 23.6. The molecule has 0 radical (unpaired) electrons. The summed E-state index contributed by atoms with van der Waals surface area (Å²) in [6.07, 6.45) is 2.29. The summed E-state index contributed by atoms with van der Waals surface area (Å²) in [5.74, 6) is 1.88. The van der Waals surface area contributed by atoms with Gasteiger partial charge in [-0.1, -0.05) is 29.5 Å². The largest absolute Gasteiger partial charge is 0.497 e. The molecule has 1 saturated heterocycles. The molecule has 0 spiro atoms. The number of benzene rings is 2. The Hall–Kier alpha value is -1.84. The predicted molar refractivity (Wildman–Crippen MR) is 144 cm³/mol. The Labute approximate surface area is 216 Å². The van der Waals surface area contributed by atoms with Crippen LogP contribution in [0.15, 0.2) is 53.4 Å². The second kappa shape index (κ2) is 13.9. The molecule has 6 nitrogen and oxygen atoms in total. The zero-order valence-corrected chi connectivity index (χ0v) is 21.9. The van der Waals surface area contributed by atoms with E-state index >= 15 is 0 Å². The highest BCUT2D eigenvalue weighted by Gasteiger charge is 2.20. The fourth-order valence-electron chi connectivity index (χ4n) is 3.80. The number of methoxy groups -OCH3 is 1. The van der Waals surface area contributed by atoms with Gasteiger partial charge in [0, 0.05) is 37.5 Å². The van der Waals surface area contributed by atoms with Crippen molar-refractivity contribution in [3.8, 4) is 5.75 Å². The number of carbonyl (C=O) groups excluding carboxylic acids is 1. The summed E-state index contributed by atoms with van der Waals surface area (Å²) < 4.78 is 11.8. The third kappa shape index (κ3) is 7.58. The van der Waals surface area contributed by atoms with Gasteiger partial charge in [0.05, 0.1) is 30.5 Å². The van der Waals surface area contributed by atoms with E-state index in [0.29, 0.717) is 13.0 Å². The van der Waals surface area contributed by atoms with Gasteiger partial charge in [0.2, 0.25) is 5.91 Å². The van der Waals surface area contributed by atoms with Gasteiger partial charge in [-0.25, -0.2) is 4.98 Å². The number of fused-ring (bicyclic) bond motifs is 1. The molecule has 0 unspecified atom stereocenters. The molecule has 1 aliphatic rings. The third-order valence-electron chi connectivity index (χ3n) is 5.62. The van der Waals surface area contributed by atoms with E-state index in [0.717, 1.165) is 72.5 Å². The first-order chi connectivity index (χ1) is 16.2. The second-order valence-corrected chi connectivity index (χ2v) is 10.1. The first-order valence-corrected chi connectivity index (χ1v) is 13.3. The van der Waals surface area contributed by atoms with E-state index in [1.165, 1.54) is 4.90 Å². The van der Waals surface area contributed by atoms with Crippen LogP contribution in [0.5, 0.6) is 5.75 Å². The van der Waals surface area contributed by atoms with Gasteiger partial charge >= 0.3 is 0 Å². The van der Waals surface area contributed by atoms with Gasteiger partial charge in [-0.15, -0.1) is 24.2 Å². The molecule has 4 rings (SSSR count). The Kier molecular flexibility index (Phi) is 10.9. The molecule has 0 atom stereocenters.